The van der Waals surface area contributed by atoms with Gasteiger partial charge in [-0.05, 0) is 6.07 Å². The van der Waals surface area contributed by atoms with E-state index in [4.69, 9.17) is 34.8 Å². The molecule has 0 aromatic carbocycles. The number of hydrogen-bond acceptors (Lipinski definition) is 4. The van der Waals surface area contributed by atoms with Gasteiger partial charge in [-0.1, -0.05) is 34.8 Å². The van der Waals surface area contributed by atoms with Crippen molar-refractivity contribution >= 4 is 40.8 Å². The maximum Gasteiger partial charge on any atom is 0.339 e. The smallest absolute Gasteiger partial charge is 0.299 e. The second-order valence-corrected chi connectivity index (χ2v) is 3.28. The van der Waals surface area contributed by atoms with Crippen LogP contribution in [0.5, 0.6) is 0 Å². The second-order valence-electron chi connectivity index (χ2n) is 2.14. The molecule has 0 aliphatic carbocycles. The summed E-state index contributed by atoms with van der Waals surface area (Å²) in [6.07, 6.45) is 1.50. The summed E-state index contributed by atoms with van der Waals surface area (Å²) in [4.78, 5) is 21.2. The Morgan fingerprint density at radius 2 is 2.00 bits per heavy atom. The first-order valence-electron chi connectivity index (χ1n) is 3.65. The van der Waals surface area contributed by atoms with E-state index in [1.807, 2.05) is 0 Å². The third-order valence-corrected chi connectivity index (χ3v) is 2.18. The second kappa shape index (κ2) is 7.70. The van der Waals surface area contributed by atoms with Crippen LogP contribution in [-0.2, 0) is 14.6 Å². The first-order chi connectivity index (χ1) is 6.99. The largest absolute Gasteiger partial charge is 0.339 e. The molecule has 0 amide bonds. The zero-order valence-electron chi connectivity index (χ0n) is 7.96. The van der Waals surface area contributed by atoms with Crippen molar-refractivity contribution in [2.24, 2.45) is 0 Å². The van der Waals surface area contributed by atoms with Crippen LogP contribution in [0.1, 0.15) is 6.92 Å². The molecule has 0 saturated heterocycles. The van der Waals surface area contributed by atoms with Crippen molar-refractivity contribution in [3.63, 3.8) is 0 Å². The van der Waals surface area contributed by atoms with Gasteiger partial charge in [0, 0.05) is 13.1 Å². The summed E-state index contributed by atoms with van der Waals surface area (Å²) in [6.45, 7) is 1.27. The molecular weight excluding hydrogens is 264 g/mol. The van der Waals surface area contributed by atoms with Crippen molar-refractivity contribution in [1.29, 1.82) is 0 Å². The lowest BCUT2D eigenvalue weighted by Crippen LogP contribution is -1.94. The summed E-state index contributed by atoms with van der Waals surface area (Å²) in [5, 5.41) is 0.974. The molecule has 0 saturated carbocycles. The monoisotopic (exact) mass is 271 g/mol. The fourth-order valence-corrected chi connectivity index (χ4v) is 0.978. The van der Waals surface area contributed by atoms with Gasteiger partial charge in [0.2, 0.25) is 0 Å². The number of halogens is 3. The molecule has 1 aromatic rings. The Kier molecular flexibility index (Phi) is 7.42. The molecule has 0 unspecified atom stereocenters. The zero-order valence-corrected chi connectivity index (χ0v) is 10.2. The summed E-state index contributed by atoms with van der Waals surface area (Å²) in [7, 11) is 1.28. The Labute approximate surface area is 102 Å². The molecular formula is C8H8Cl3NO3. The quantitative estimate of drug-likeness (QED) is 0.448. The van der Waals surface area contributed by atoms with Crippen molar-refractivity contribution in [1.82, 2.24) is 4.98 Å². The van der Waals surface area contributed by atoms with Gasteiger partial charge in [-0.3, -0.25) is 4.89 Å². The van der Waals surface area contributed by atoms with Crippen LogP contribution in [0.15, 0.2) is 12.3 Å². The lowest BCUT2D eigenvalue weighted by Gasteiger charge is -1.93. The van der Waals surface area contributed by atoms with Gasteiger partial charge < -0.3 is 0 Å². The summed E-state index contributed by atoms with van der Waals surface area (Å²) < 4.78 is 0. The van der Waals surface area contributed by atoms with Crippen LogP contribution in [0.4, 0.5) is 0 Å². The predicted octanol–water partition coefficient (Wildman–Crippen LogP) is 3.15. The van der Waals surface area contributed by atoms with E-state index in [9.17, 15) is 4.79 Å². The van der Waals surface area contributed by atoms with Gasteiger partial charge in [-0.25, -0.2) is 9.78 Å². The van der Waals surface area contributed by atoms with Gasteiger partial charge >= 0.3 is 5.97 Å². The third kappa shape index (κ3) is 6.52. The molecule has 0 aliphatic rings. The Morgan fingerprint density at radius 3 is 2.27 bits per heavy atom. The van der Waals surface area contributed by atoms with Gasteiger partial charge in [0.25, 0.3) is 0 Å². The van der Waals surface area contributed by atoms with E-state index in [1.54, 1.807) is 6.07 Å². The molecule has 1 aromatic heterocycles. The first kappa shape index (κ1) is 14.5. The van der Waals surface area contributed by atoms with Gasteiger partial charge in [0.15, 0.2) is 0 Å². The average Bonchev–Trinajstić information content (AvgIpc) is 2.15. The molecule has 4 nitrogen and oxygen atoms in total. The van der Waals surface area contributed by atoms with Crippen molar-refractivity contribution in [3.8, 4) is 0 Å². The standard InChI is InChI=1S/C5H2Cl3N.C3H6O3/c6-3-1-2-9-5(8)4(3)7;1-3(4)6-5-2/h1-2H;1-2H3. The van der Waals surface area contributed by atoms with E-state index >= 15 is 0 Å². The van der Waals surface area contributed by atoms with E-state index in [0.717, 1.165) is 0 Å². The Balaban J connectivity index is 0.000000288. The van der Waals surface area contributed by atoms with Crippen LogP contribution >= 0.6 is 34.8 Å². The minimum atomic E-state index is -0.433. The van der Waals surface area contributed by atoms with Crippen LogP contribution in [0.2, 0.25) is 15.2 Å². The van der Waals surface area contributed by atoms with Gasteiger partial charge in [0.05, 0.1) is 17.2 Å². The van der Waals surface area contributed by atoms with Gasteiger partial charge in [-0.15, -0.1) is 0 Å². The molecule has 0 radical (unpaired) electrons. The molecule has 15 heavy (non-hydrogen) atoms. The van der Waals surface area contributed by atoms with E-state index in [0.29, 0.717) is 10.0 Å². The van der Waals surface area contributed by atoms with Crippen molar-refractivity contribution in [2.45, 2.75) is 6.92 Å². The number of hydrogen-bond donors (Lipinski definition) is 0. The minimum Gasteiger partial charge on any atom is -0.299 e. The summed E-state index contributed by atoms with van der Waals surface area (Å²) in [5.74, 6) is -0.433. The molecule has 0 spiro atoms. The van der Waals surface area contributed by atoms with Crippen LogP contribution in [0, 0.1) is 0 Å². The summed E-state index contributed by atoms with van der Waals surface area (Å²) in [5.41, 5.74) is 0. The molecule has 0 aliphatic heterocycles. The first-order valence-corrected chi connectivity index (χ1v) is 4.79. The fraction of sp³-hybridized carbons (Fsp3) is 0.250. The van der Waals surface area contributed by atoms with E-state index < -0.39 is 5.97 Å². The van der Waals surface area contributed by atoms with Crippen LogP contribution in [-0.4, -0.2) is 18.1 Å². The Hall–Kier alpha value is -0.550. The van der Waals surface area contributed by atoms with E-state index in [-0.39, 0.29) is 5.15 Å². The lowest BCUT2D eigenvalue weighted by molar-refractivity contribution is -0.252. The van der Waals surface area contributed by atoms with Crippen LogP contribution in [0.3, 0.4) is 0 Å². The van der Waals surface area contributed by atoms with Crippen molar-refractivity contribution in [3.05, 3.63) is 27.5 Å². The SMILES string of the molecule is COOC(C)=O.Clc1ccnc(Cl)c1Cl. The third-order valence-electron chi connectivity index (χ3n) is 1.00. The van der Waals surface area contributed by atoms with Gasteiger partial charge in [0.1, 0.15) is 5.15 Å². The van der Waals surface area contributed by atoms with E-state index in [1.165, 1.54) is 20.2 Å². The van der Waals surface area contributed by atoms with Crippen LogP contribution < -0.4 is 0 Å². The average molecular weight is 273 g/mol. The predicted molar refractivity (Wildman–Crippen MR) is 58.0 cm³/mol. The molecule has 0 bridgehead atoms. The summed E-state index contributed by atoms with van der Waals surface area (Å²) >= 11 is 16.6. The van der Waals surface area contributed by atoms with Crippen LogP contribution in [0.25, 0.3) is 0 Å². The fourth-order valence-electron chi connectivity index (χ4n) is 0.514. The lowest BCUT2D eigenvalue weighted by atomic mass is 10.5. The molecule has 1 heterocycles. The molecule has 0 fully saturated rings. The van der Waals surface area contributed by atoms with E-state index in [2.05, 4.69) is 14.8 Å². The molecule has 84 valence electrons. The molecule has 1 rings (SSSR count). The molecule has 7 heteroatoms. The number of nitrogens with zero attached hydrogens (tertiary/aromatic N) is 1. The molecule has 0 N–H and O–H groups in total. The van der Waals surface area contributed by atoms with Crippen molar-refractivity contribution in [2.75, 3.05) is 7.11 Å². The summed E-state index contributed by atoms with van der Waals surface area (Å²) in [6, 6.07) is 1.58. The highest BCUT2D eigenvalue weighted by molar-refractivity contribution is 6.47. The molecule has 0 atom stereocenters. The Morgan fingerprint density at radius 1 is 1.40 bits per heavy atom. The van der Waals surface area contributed by atoms with Gasteiger partial charge in [-0.2, -0.15) is 4.89 Å². The number of rotatable bonds is 1. The topological polar surface area (TPSA) is 48.4 Å². The number of pyridine rings is 1. The maximum atomic E-state index is 9.70. The Bertz CT molecular complexity index is 313. The number of carbonyl (C=O) groups is 1. The highest BCUT2D eigenvalue weighted by atomic mass is 35.5. The normalized spacial score (nSPS) is 8.87. The van der Waals surface area contributed by atoms with Crippen molar-refractivity contribution < 1.29 is 14.6 Å². The maximum absolute atomic E-state index is 9.70. The highest BCUT2D eigenvalue weighted by Crippen LogP contribution is 2.26. The minimum absolute atomic E-state index is 0.240. The zero-order chi connectivity index (χ0) is 11.8. The highest BCUT2D eigenvalue weighted by Gasteiger charge is 2.00. The number of aromatic nitrogens is 1. The number of carbonyl (C=O) groups excluding carboxylic acids is 1.